The van der Waals surface area contributed by atoms with Crippen LogP contribution in [0.1, 0.15) is 18.4 Å². The second-order valence-corrected chi connectivity index (χ2v) is 5.63. The van der Waals surface area contributed by atoms with Gasteiger partial charge in [-0.25, -0.2) is 0 Å². The first kappa shape index (κ1) is 17.2. The quantitative estimate of drug-likeness (QED) is 0.575. The molecule has 0 saturated carbocycles. The lowest BCUT2D eigenvalue weighted by Crippen LogP contribution is -2.25. The highest BCUT2D eigenvalue weighted by molar-refractivity contribution is 6.32. The molecule has 0 spiro atoms. The summed E-state index contributed by atoms with van der Waals surface area (Å²) >= 11 is 5.99. The molecule has 0 aliphatic heterocycles. The van der Waals surface area contributed by atoms with E-state index in [4.69, 9.17) is 22.1 Å². The predicted octanol–water partition coefficient (Wildman–Crippen LogP) is 3.44. The van der Waals surface area contributed by atoms with Gasteiger partial charge in [0.1, 0.15) is 5.75 Å². The normalized spacial score (nSPS) is 10.3. The molecule has 0 aliphatic rings. The molecule has 0 aromatic heterocycles. The molecule has 3 N–H and O–H groups in total. The van der Waals surface area contributed by atoms with E-state index in [9.17, 15) is 4.79 Å². The Morgan fingerprint density at radius 3 is 2.61 bits per heavy atom. The van der Waals surface area contributed by atoms with Crippen molar-refractivity contribution in [2.45, 2.75) is 19.3 Å². The predicted molar refractivity (Wildman–Crippen MR) is 93.7 cm³/mol. The molecule has 4 nitrogen and oxygen atoms in total. The molecule has 2 rings (SSSR count). The Morgan fingerprint density at radius 1 is 1.13 bits per heavy atom. The fourth-order valence-corrected chi connectivity index (χ4v) is 2.29. The number of nitrogens with two attached hydrogens (primary N) is 1. The first-order chi connectivity index (χ1) is 11.1. The maximum absolute atomic E-state index is 11.8. The number of benzene rings is 2. The van der Waals surface area contributed by atoms with E-state index in [2.05, 4.69) is 5.32 Å². The van der Waals surface area contributed by atoms with Gasteiger partial charge in [0.2, 0.25) is 5.91 Å². The third kappa shape index (κ3) is 6.20. The van der Waals surface area contributed by atoms with Crippen LogP contribution in [0.15, 0.2) is 48.5 Å². The minimum atomic E-state index is 0.0307. The smallest absolute Gasteiger partial charge is 0.220 e. The molecule has 1 amide bonds. The third-order valence-electron chi connectivity index (χ3n) is 3.36. The Kier molecular flexibility index (Phi) is 6.76. The Balaban J connectivity index is 1.58. The van der Waals surface area contributed by atoms with Crippen LogP contribution in [-0.4, -0.2) is 19.1 Å². The summed E-state index contributed by atoms with van der Waals surface area (Å²) in [6.07, 6.45) is 1.88. The zero-order valence-corrected chi connectivity index (χ0v) is 13.7. The van der Waals surface area contributed by atoms with Crippen molar-refractivity contribution in [3.63, 3.8) is 0 Å². The Labute approximate surface area is 141 Å². The molecule has 122 valence electrons. The number of hydrogen-bond acceptors (Lipinski definition) is 3. The summed E-state index contributed by atoms with van der Waals surface area (Å²) in [5.41, 5.74) is 7.53. The van der Waals surface area contributed by atoms with E-state index in [0.717, 1.165) is 17.7 Å². The number of carbonyl (C=O) groups excluding carboxylic acids is 1. The largest absolute Gasteiger partial charge is 0.492 e. The third-order valence-corrected chi connectivity index (χ3v) is 3.67. The average Bonchev–Trinajstić information content (AvgIpc) is 2.55. The summed E-state index contributed by atoms with van der Waals surface area (Å²) in [6.45, 7) is 1.09. The van der Waals surface area contributed by atoms with Crippen LogP contribution in [0.4, 0.5) is 5.69 Å². The van der Waals surface area contributed by atoms with Crippen molar-refractivity contribution >= 4 is 23.2 Å². The number of amides is 1. The van der Waals surface area contributed by atoms with E-state index in [1.54, 1.807) is 6.07 Å². The number of para-hydroxylation sites is 1. The van der Waals surface area contributed by atoms with Crippen LogP contribution in [0.3, 0.4) is 0 Å². The first-order valence-electron chi connectivity index (χ1n) is 7.63. The van der Waals surface area contributed by atoms with Crippen molar-refractivity contribution in [3.8, 4) is 5.75 Å². The molecule has 5 heteroatoms. The van der Waals surface area contributed by atoms with Gasteiger partial charge in [-0.1, -0.05) is 35.9 Å². The number of nitrogens with one attached hydrogen (secondary N) is 1. The fourth-order valence-electron chi connectivity index (χ4n) is 2.10. The average molecular weight is 333 g/mol. The standard InChI is InChI=1S/C18H21ClN2O2/c19-16-4-1-2-5-17(16)23-13-3-6-18(22)21-12-11-14-7-9-15(20)10-8-14/h1-2,4-5,7-10H,3,6,11-13,20H2,(H,21,22). The van der Waals surface area contributed by atoms with E-state index >= 15 is 0 Å². The number of rotatable bonds is 8. The summed E-state index contributed by atoms with van der Waals surface area (Å²) in [4.78, 5) is 11.8. The summed E-state index contributed by atoms with van der Waals surface area (Å²) in [6, 6.07) is 15.0. The van der Waals surface area contributed by atoms with Crippen LogP contribution in [-0.2, 0) is 11.2 Å². The van der Waals surface area contributed by atoms with Gasteiger partial charge in [-0.3, -0.25) is 4.79 Å². The number of nitrogen functional groups attached to an aromatic ring is 1. The number of hydrogen-bond donors (Lipinski definition) is 2. The monoisotopic (exact) mass is 332 g/mol. The van der Waals surface area contributed by atoms with Crippen LogP contribution < -0.4 is 15.8 Å². The van der Waals surface area contributed by atoms with E-state index < -0.39 is 0 Å². The number of ether oxygens (including phenoxy) is 1. The van der Waals surface area contributed by atoms with Gasteiger partial charge in [-0.05, 0) is 42.7 Å². The van der Waals surface area contributed by atoms with Crippen LogP contribution in [0.25, 0.3) is 0 Å². The zero-order chi connectivity index (χ0) is 16.5. The molecule has 0 bridgehead atoms. The Hall–Kier alpha value is -2.20. The number of halogens is 1. The van der Waals surface area contributed by atoms with Crippen molar-refractivity contribution in [3.05, 3.63) is 59.1 Å². The van der Waals surface area contributed by atoms with E-state index in [1.165, 1.54) is 0 Å². The van der Waals surface area contributed by atoms with Crippen molar-refractivity contribution in [1.29, 1.82) is 0 Å². The highest BCUT2D eigenvalue weighted by atomic mass is 35.5. The van der Waals surface area contributed by atoms with Crippen molar-refractivity contribution in [2.24, 2.45) is 0 Å². The molecular weight excluding hydrogens is 312 g/mol. The van der Waals surface area contributed by atoms with Gasteiger partial charge >= 0.3 is 0 Å². The van der Waals surface area contributed by atoms with Crippen LogP contribution in [0, 0.1) is 0 Å². The summed E-state index contributed by atoms with van der Waals surface area (Å²) in [7, 11) is 0. The molecule has 0 unspecified atom stereocenters. The topological polar surface area (TPSA) is 64.3 Å². The summed E-state index contributed by atoms with van der Waals surface area (Å²) in [5, 5.41) is 3.49. The number of carbonyl (C=O) groups is 1. The molecule has 0 radical (unpaired) electrons. The van der Waals surface area contributed by atoms with E-state index in [-0.39, 0.29) is 5.91 Å². The van der Waals surface area contributed by atoms with E-state index in [0.29, 0.717) is 36.8 Å². The molecular formula is C18H21ClN2O2. The van der Waals surface area contributed by atoms with Crippen LogP contribution >= 0.6 is 11.6 Å². The Morgan fingerprint density at radius 2 is 1.87 bits per heavy atom. The SMILES string of the molecule is Nc1ccc(CCNC(=O)CCCOc2ccccc2Cl)cc1. The van der Waals surface area contributed by atoms with Crippen molar-refractivity contribution in [2.75, 3.05) is 18.9 Å². The van der Waals surface area contributed by atoms with Gasteiger partial charge in [0.25, 0.3) is 0 Å². The molecule has 2 aromatic carbocycles. The molecule has 0 atom stereocenters. The van der Waals surface area contributed by atoms with E-state index in [1.807, 2.05) is 42.5 Å². The molecule has 2 aromatic rings. The minimum Gasteiger partial charge on any atom is -0.492 e. The van der Waals surface area contributed by atoms with Crippen molar-refractivity contribution in [1.82, 2.24) is 5.32 Å². The lowest BCUT2D eigenvalue weighted by Gasteiger charge is -2.08. The summed E-state index contributed by atoms with van der Waals surface area (Å²) in [5.74, 6) is 0.682. The van der Waals surface area contributed by atoms with Gasteiger partial charge < -0.3 is 15.8 Å². The van der Waals surface area contributed by atoms with Crippen molar-refractivity contribution < 1.29 is 9.53 Å². The van der Waals surface area contributed by atoms with Gasteiger partial charge in [0.15, 0.2) is 0 Å². The van der Waals surface area contributed by atoms with Crippen LogP contribution in [0.2, 0.25) is 5.02 Å². The molecule has 0 heterocycles. The van der Waals surface area contributed by atoms with Gasteiger partial charge in [0.05, 0.1) is 11.6 Å². The first-order valence-corrected chi connectivity index (χ1v) is 8.01. The maximum atomic E-state index is 11.8. The second kappa shape index (κ2) is 9.06. The fraction of sp³-hybridized carbons (Fsp3) is 0.278. The zero-order valence-electron chi connectivity index (χ0n) is 12.9. The maximum Gasteiger partial charge on any atom is 0.220 e. The lowest BCUT2D eigenvalue weighted by molar-refractivity contribution is -0.121. The Bertz CT molecular complexity index is 629. The van der Waals surface area contributed by atoms with Crippen LogP contribution in [0.5, 0.6) is 5.75 Å². The van der Waals surface area contributed by atoms with Gasteiger partial charge in [0, 0.05) is 18.7 Å². The molecule has 23 heavy (non-hydrogen) atoms. The number of anilines is 1. The highest BCUT2D eigenvalue weighted by Gasteiger charge is 2.03. The molecule has 0 saturated heterocycles. The van der Waals surface area contributed by atoms with Gasteiger partial charge in [-0.15, -0.1) is 0 Å². The molecule has 0 fully saturated rings. The summed E-state index contributed by atoms with van der Waals surface area (Å²) < 4.78 is 5.55. The second-order valence-electron chi connectivity index (χ2n) is 5.22. The minimum absolute atomic E-state index is 0.0307. The highest BCUT2D eigenvalue weighted by Crippen LogP contribution is 2.23. The lowest BCUT2D eigenvalue weighted by atomic mass is 10.1. The molecule has 0 aliphatic carbocycles. The van der Waals surface area contributed by atoms with Gasteiger partial charge in [-0.2, -0.15) is 0 Å².